The fraction of sp³-hybridized carbons (Fsp3) is 0.143. The second-order valence-corrected chi connectivity index (χ2v) is 2.16. The van der Waals surface area contributed by atoms with Gasteiger partial charge in [0.1, 0.15) is 0 Å². The maximum Gasteiger partial charge on any atom is 0.0921 e. The van der Waals surface area contributed by atoms with Crippen molar-refractivity contribution in [2.75, 3.05) is 0 Å². The number of nitrogens with one attached hydrogen (secondary N) is 1. The van der Waals surface area contributed by atoms with Gasteiger partial charge in [-0.25, -0.2) is 0 Å². The molecule has 0 aromatic carbocycles. The minimum absolute atomic E-state index is 0.862. The molecular weight excluding hydrogens is 126 g/mol. The van der Waals surface area contributed by atoms with Gasteiger partial charge in [0.05, 0.1) is 5.69 Å². The lowest BCUT2D eigenvalue weighted by molar-refractivity contribution is 0.829. The molecule has 1 aromatic heterocycles. The molecule has 10 heavy (non-hydrogen) atoms. The second kappa shape index (κ2) is 2.10. The molecule has 3 heteroatoms. The zero-order chi connectivity index (χ0) is 6.81. The zero-order valence-corrected chi connectivity index (χ0v) is 5.41. The van der Waals surface area contributed by atoms with Gasteiger partial charge in [-0.2, -0.15) is 10.2 Å². The van der Waals surface area contributed by atoms with E-state index in [0.717, 1.165) is 12.2 Å². The van der Waals surface area contributed by atoms with Gasteiger partial charge in [-0.3, -0.25) is 0 Å². The van der Waals surface area contributed by atoms with Crippen LogP contribution in [0.15, 0.2) is 18.5 Å². The summed E-state index contributed by atoms with van der Waals surface area (Å²) in [5.41, 5.74) is 2.18. The first-order chi connectivity index (χ1) is 4.97. The van der Waals surface area contributed by atoms with Crippen molar-refractivity contribution in [2.24, 2.45) is 0 Å². The SMILES string of the molecule is C1=Cc2nnccc2CN1. The van der Waals surface area contributed by atoms with Crippen molar-refractivity contribution in [3.05, 3.63) is 29.7 Å². The summed E-state index contributed by atoms with van der Waals surface area (Å²) in [6.45, 7) is 0.862. The molecule has 1 aliphatic rings. The van der Waals surface area contributed by atoms with Crippen LogP contribution in [0.5, 0.6) is 0 Å². The van der Waals surface area contributed by atoms with Gasteiger partial charge in [0.15, 0.2) is 0 Å². The molecule has 2 rings (SSSR count). The smallest absolute Gasteiger partial charge is 0.0921 e. The molecular formula is C7H7N3. The second-order valence-electron chi connectivity index (χ2n) is 2.16. The zero-order valence-electron chi connectivity index (χ0n) is 5.41. The first-order valence-electron chi connectivity index (χ1n) is 3.17. The Labute approximate surface area is 58.8 Å². The molecule has 0 spiro atoms. The van der Waals surface area contributed by atoms with Gasteiger partial charge in [0.25, 0.3) is 0 Å². The summed E-state index contributed by atoms with van der Waals surface area (Å²) in [7, 11) is 0. The van der Waals surface area contributed by atoms with Crippen LogP contribution >= 0.6 is 0 Å². The van der Waals surface area contributed by atoms with Crippen LogP contribution in [-0.2, 0) is 6.54 Å². The predicted molar refractivity (Wildman–Crippen MR) is 37.9 cm³/mol. The third-order valence-electron chi connectivity index (χ3n) is 1.49. The molecule has 0 radical (unpaired) electrons. The number of nitrogens with zero attached hydrogens (tertiary/aromatic N) is 2. The van der Waals surface area contributed by atoms with Gasteiger partial charge in [-0.05, 0) is 18.3 Å². The Morgan fingerprint density at radius 3 is 3.40 bits per heavy atom. The highest BCUT2D eigenvalue weighted by Gasteiger charge is 2.02. The first-order valence-corrected chi connectivity index (χ1v) is 3.17. The monoisotopic (exact) mass is 133 g/mol. The molecule has 0 bridgehead atoms. The van der Waals surface area contributed by atoms with Gasteiger partial charge in [0.2, 0.25) is 0 Å². The number of hydrogen-bond donors (Lipinski definition) is 1. The minimum atomic E-state index is 0.862. The fourth-order valence-electron chi connectivity index (χ4n) is 0.965. The number of fused-ring (bicyclic) bond motifs is 1. The quantitative estimate of drug-likeness (QED) is 0.561. The van der Waals surface area contributed by atoms with Gasteiger partial charge < -0.3 is 5.32 Å². The normalized spacial score (nSPS) is 14.0. The van der Waals surface area contributed by atoms with Crippen molar-refractivity contribution in [1.29, 1.82) is 0 Å². The lowest BCUT2D eigenvalue weighted by Crippen LogP contribution is -2.11. The van der Waals surface area contributed by atoms with E-state index in [-0.39, 0.29) is 0 Å². The van der Waals surface area contributed by atoms with E-state index in [9.17, 15) is 0 Å². The average Bonchev–Trinajstić information content (AvgIpc) is 2.05. The van der Waals surface area contributed by atoms with Crippen LogP contribution in [0.2, 0.25) is 0 Å². The van der Waals surface area contributed by atoms with E-state index >= 15 is 0 Å². The van der Waals surface area contributed by atoms with E-state index in [1.807, 2.05) is 18.3 Å². The average molecular weight is 133 g/mol. The van der Waals surface area contributed by atoms with Crippen LogP contribution in [0.3, 0.4) is 0 Å². The fourth-order valence-corrected chi connectivity index (χ4v) is 0.965. The van der Waals surface area contributed by atoms with E-state index in [2.05, 4.69) is 15.5 Å². The van der Waals surface area contributed by atoms with Crippen LogP contribution in [0.25, 0.3) is 6.08 Å². The van der Waals surface area contributed by atoms with Crippen LogP contribution in [-0.4, -0.2) is 10.2 Å². The highest BCUT2D eigenvalue weighted by molar-refractivity contribution is 5.50. The molecule has 0 saturated heterocycles. The summed E-state index contributed by atoms with van der Waals surface area (Å²) in [6.07, 6.45) is 5.52. The molecule has 0 atom stereocenters. The summed E-state index contributed by atoms with van der Waals surface area (Å²) in [5.74, 6) is 0. The van der Waals surface area contributed by atoms with Crippen molar-refractivity contribution >= 4 is 6.08 Å². The third kappa shape index (κ3) is 0.757. The number of aromatic nitrogens is 2. The van der Waals surface area contributed by atoms with Gasteiger partial charge in [0, 0.05) is 18.3 Å². The van der Waals surface area contributed by atoms with E-state index in [0.29, 0.717) is 0 Å². The van der Waals surface area contributed by atoms with E-state index in [1.165, 1.54) is 5.56 Å². The molecule has 2 heterocycles. The highest BCUT2D eigenvalue weighted by Crippen LogP contribution is 2.08. The summed E-state index contributed by atoms with van der Waals surface area (Å²) in [4.78, 5) is 0. The standard InChI is InChI=1S/C7H7N3/c1-4-9-10-7-2-3-8-5-6(1)7/h1-4,8H,5H2. The Hall–Kier alpha value is -1.38. The van der Waals surface area contributed by atoms with Gasteiger partial charge in [-0.1, -0.05) is 0 Å². The maximum absolute atomic E-state index is 3.94. The minimum Gasteiger partial charge on any atom is -0.387 e. The lowest BCUT2D eigenvalue weighted by atomic mass is 10.2. The van der Waals surface area contributed by atoms with Crippen molar-refractivity contribution < 1.29 is 0 Å². The Bertz CT molecular complexity index is 267. The van der Waals surface area contributed by atoms with Crippen molar-refractivity contribution in [3.63, 3.8) is 0 Å². The molecule has 1 aromatic rings. The lowest BCUT2D eigenvalue weighted by Gasteiger charge is -2.08. The Balaban J connectivity index is 2.54. The van der Waals surface area contributed by atoms with Crippen LogP contribution in [0.1, 0.15) is 11.3 Å². The molecule has 0 aliphatic carbocycles. The molecule has 0 saturated carbocycles. The Kier molecular flexibility index (Phi) is 1.13. The molecule has 1 N–H and O–H groups in total. The van der Waals surface area contributed by atoms with Crippen LogP contribution < -0.4 is 5.32 Å². The predicted octanol–water partition coefficient (Wildman–Crippen LogP) is 0.550. The number of hydrogen-bond acceptors (Lipinski definition) is 3. The summed E-state index contributed by atoms with van der Waals surface area (Å²) >= 11 is 0. The summed E-state index contributed by atoms with van der Waals surface area (Å²) in [5, 5.41) is 10.8. The van der Waals surface area contributed by atoms with Gasteiger partial charge in [-0.15, -0.1) is 0 Å². The molecule has 3 nitrogen and oxygen atoms in total. The Morgan fingerprint density at radius 1 is 1.50 bits per heavy atom. The van der Waals surface area contributed by atoms with E-state index in [1.54, 1.807) is 6.20 Å². The van der Waals surface area contributed by atoms with E-state index < -0.39 is 0 Å². The van der Waals surface area contributed by atoms with Crippen molar-refractivity contribution in [1.82, 2.24) is 15.5 Å². The summed E-state index contributed by atoms with van der Waals surface area (Å²) in [6, 6.07) is 1.97. The Morgan fingerprint density at radius 2 is 2.50 bits per heavy atom. The molecule has 1 aliphatic heterocycles. The van der Waals surface area contributed by atoms with Crippen molar-refractivity contribution in [2.45, 2.75) is 6.54 Å². The molecule has 0 amide bonds. The number of rotatable bonds is 0. The molecule has 0 fully saturated rings. The topological polar surface area (TPSA) is 37.8 Å². The summed E-state index contributed by atoms with van der Waals surface area (Å²) < 4.78 is 0. The van der Waals surface area contributed by atoms with E-state index in [4.69, 9.17) is 0 Å². The first kappa shape index (κ1) is 5.41. The van der Waals surface area contributed by atoms with Crippen LogP contribution in [0, 0.1) is 0 Å². The highest BCUT2D eigenvalue weighted by atomic mass is 15.1. The third-order valence-corrected chi connectivity index (χ3v) is 1.49. The van der Waals surface area contributed by atoms with Crippen molar-refractivity contribution in [3.8, 4) is 0 Å². The van der Waals surface area contributed by atoms with Gasteiger partial charge >= 0.3 is 0 Å². The maximum atomic E-state index is 3.94. The van der Waals surface area contributed by atoms with Crippen LogP contribution in [0.4, 0.5) is 0 Å². The molecule has 50 valence electrons. The molecule has 0 unspecified atom stereocenters. The largest absolute Gasteiger partial charge is 0.387 e.